The molecule has 1 aromatic rings. The van der Waals surface area contributed by atoms with Gasteiger partial charge in [-0.25, -0.2) is 0 Å². The third-order valence-corrected chi connectivity index (χ3v) is 3.27. The highest BCUT2D eigenvalue weighted by molar-refractivity contribution is 5.73. The van der Waals surface area contributed by atoms with Crippen LogP contribution in [0.15, 0.2) is 30.3 Å². The Morgan fingerprint density at radius 2 is 2.22 bits per heavy atom. The summed E-state index contributed by atoms with van der Waals surface area (Å²) in [5.41, 5.74) is 1.11. The van der Waals surface area contributed by atoms with Gasteiger partial charge >= 0.3 is 0 Å². The van der Waals surface area contributed by atoms with Crippen LogP contribution in [0.25, 0.3) is 0 Å². The number of aliphatic hydroxyl groups excluding tert-OH is 1. The smallest absolute Gasteiger partial charge is 0.217 e. The zero-order valence-electron chi connectivity index (χ0n) is 10.7. The number of β-amino-alcohol motifs (C(OH)–C–C–N with tert-alkyl or cyclic N) is 1. The molecule has 1 aliphatic rings. The highest BCUT2D eigenvalue weighted by Gasteiger charge is 2.24. The van der Waals surface area contributed by atoms with Crippen LogP contribution in [0.4, 0.5) is 0 Å². The molecule has 18 heavy (non-hydrogen) atoms. The molecule has 0 aromatic heterocycles. The highest BCUT2D eigenvalue weighted by atomic mass is 16.3. The minimum absolute atomic E-state index is 0.00556. The first-order chi connectivity index (χ1) is 8.65. The summed E-state index contributed by atoms with van der Waals surface area (Å²) >= 11 is 0. The van der Waals surface area contributed by atoms with E-state index in [2.05, 4.69) is 10.2 Å². The normalized spacial score (nSPS) is 21.8. The zero-order chi connectivity index (χ0) is 13.0. The van der Waals surface area contributed by atoms with Crippen molar-refractivity contribution in [2.45, 2.75) is 25.5 Å². The number of carbonyl (C=O) groups is 1. The fraction of sp³-hybridized carbons (Fsp3) is 0.500. The standard InChI is InChI=1S/C14H20N2O2/c1-11(17)15-14(12-5-3-2-4-6-12)10-16-8-7-13(18)9-16/h2-6,13-14,18H,7-10H2,1H3,(H,15,17). The molecule has 0 aliphatic carbocycles. The first-order valence-electron chi connectivity index (χ1n) is 6.37. The first-order valence-corrected chi connectivity index (χ1v) is 6.37. The van der Waals surface area contributed by atoms with Crippen LogP contribution in [0, 0.1) is 0 Å². The van der Waals surface area contributed by atoms with Gasteiger partial charge in [0.25, 0.3) is 0 Å². The van der Waals surface area contributed by atoms with Crippen molar-refractivity contribution in [3.05, 3.63) is 35.9 Å². The SMILES string of the molecule is CC(=O)NC(CN1CCC(O)C1)c1ccccc1. The molecule has 2 atom stereocenters. The number of carbonyl (C=O) groups excluding carboxylic acids is 1. The lowest BCUT2D eigenvalue weighted by atomic mass is 10.1. The van der Waals surface area contributed by atoms with E-state index in [0.29, 0.717) is 6.54 Å². The second-order valence-corrected chi connectivity index (χ2v) is 4.87. The number of nitrogens with one attached hydrogen (secondary N) is 1. The van der Waals surface area contributed by atoms with E-state index in [1.807, 2.05) is 30.3 Å². The number of hydrogen-bond acceptors (Lipinski definition) is 3. The molecule has 1 heterocycles. The number of hydrogen-bond donors (Lipinski definition) is 2. The third-order valence-electron chi connectivity index (χ3n) is 3.27. The number of likely N-dealkylation sites (tertiary alicyclic amines) is 1. The van der Waals surface area contributed by atoms with E-state index in [1.165, 1.54) is 6.92 Å². The Labute approximate surface area is 108 Å². The summed E-state index contributed by atoms with van der Waals surface area (Å²) in [6.45, 7) is 3.88. The fourth-order valence-electron chi connectivity index (χ4n) is 2.40. The van der Waals surface area contributed by atoms with Gasteiger partial charge in [-0.2, -0.15) is 0 Å². The average Bonchev–Trinajstić information content (AvgIpc) is 2.75. The quantitative estimate of drug-likeness (QED) is 0.833. The van der Waals surface area contributed by atoms with Crippen molar-refractivity contribution in [1.29, 1.82) is 0 Å². The summed E-state index contributed by atoms with van der Waals surface area (Å²) in [6.07, 6.45) is 0.598. The predicted molar refractivity (Wildman–Crippen MR) is 70.1 cm³/mol. The molecule has 1 aromatic carbocycles. The molecule has 1 aliphatic heterocycles. The van der Waals surface area contributed by atoms with E-state index in [-0.39, 0.29) is 18.1 Å². The van der Waals surface area contributed by atoms with Crippen LogP contribution in [0.1, 0.15) is 24.9 Å². The van der Waals surface area contributed by atoms with Gasteiger partial charge < -0.3 is 10.4 Å². The Hall–Kier alpha value is -1.39. The van der Waals surface area contributed by atoms with Gasteiger partial charge in [0.15, 0.2) is 0 Å². The van der Waals surface area contributed by atoms with E-state index in [1.54, 1.807) is 0 Å². The lowest BCUT2D eigenvalue weighted by Crippen LogP contribution is -2.36. The van der Waals surface area contributed by atoms with Crippen LogP contribution in [-0.4, -0.2) is 41.7 Å². The Balaban J connectivity index is 2.03. The third kappa shape index (κ3) is 3.55. The zero-order valence-corrected chi connectivity index (χ0v) is 10.7. The van der Waals surface area contributed by atoms with Crippen molar-refractivity contribution in [1.82, 2.24) is 10.2 Å². The molecule has 1 fully saturated rings. The van der Waals surface area contributed by atoms with E-state index >= 15 is 0 Å². The Morgan fingerprint density at radius 3 is 2.78 bits per heavy atom. The van der Waals surface area contributed by atoms with Gasteiger partial charge in [0.1, 0.15) is 0 Å². The van der Waals surface area contributed by atoms with E-state index < -0.39 is 0 Å². The largest absolute Gasteiger partial charge is 0.392 e. The lowest BCUT2D eigenvalue weighted by Gasteiger charge is -2.24. The van der Waals surface area contributed by atoms with E-state index in [9.17, 15) is 9.90 Å². The Morgan fingerprint density at radius 1 is 1.50 bits per heavy atom. The summed E-state index contributed by atoms with van der Waals surface area (Å²) in [6, 6.07) is 9.95. The molecule has 1 amide bonds. The van der Waals surface area contributed by atoms with Crippen LogP contribution < -0.4 is 5.32 Å². The maximum Gasteiger partial charge on any atom is 0.217 e. The maximum absolute atomic E-state index is 11.3. The second-order valence-electron chi connectivity index (χ2n) is 4.87. The molecular weight excluding hydrogens is 228 g/mol. The van der Waals surface area contributed by atoms with Gasteiger partial charge in [0.05, 0.1) is 12.1 Å². The van der Waals surface area contributed by atoms with Crippen molar-refractivity contribution in [2.24, 2.45) is 0 Å². The molecule has 0 spiro atoms. The van der Waals surface area contributed by atoms with Gasteiger partial charge in [-0.3, -0.25) is 9.69 Å². The first kappa shape index (κ1) is 13.1. The fourth-order valence-corrected chi connectivity index (χ4v) is 2.40. The second kappa shape index (κ2) is 5.98. The van der Waals surface area contributed by atoms with Crippen LogP contribution in [0.3, 0.4) is 0 Å². The molecule has 0 radical (unpaired) electrons. The summed E-state index contributed by atoms with van der Waals surface area (Å²) in [5, 5.41) is 12.5. The topological polar surface area (TPSA) is 52.6 Å². The van der Waals surface area contributed by atoms with Crippen LogP contribution in [-0.2, 0) is 4.79 Å². The van der Waals surface area contributed by atoms with E-state index in [4.69, 9.17) is 0 Å². The van der Waals surface area contributed by atoms with Gasteiger partial charge in [0, 0.05) is 26.6 Å². The maximum atomic E-state index is 11.3. The average molecular weight is 248 g/mol. The number of nitrogens with zero attached hydrogens (tertiary/aromatic N) is 1. The molecular formula is C14H20N2O2. The van der Waals surface area contributed by atoms with E-state index in [0.717, 1.165) is 25.1 Å². The molecule has 2 N–H and O–H groups in total. The molecule has 2 unspecified atom stereocenters. The van der Waals surface area contributed by atoms with Crippen molar-refractivity contribution in [3.63, 3.8) is 0 Å². The molecule has 0 bridgehead atoms. The molecule has 1 saturated heterocycles. The lowest BCUT2D eigenvalue weighted by molar-refractivity contribution is -0.119. The predicted octanol–water partition coefficient (Wildman–Crippen LogP) is 0.930. The number of aliphatic hydroxyl groups is 1. The van der Waals surface area contributed by atoms with Gasteiger partial charge in [-0.1, -0.05) is 30.3 Å². The summed E-state index contributed by atoms with van der Waals surface area (Å²) in [7, 11) is 0. The minimum Gasteiger partial charge on any atom is -0.392 e. The van der Waals surface area contributed by atoms with Crippen molar-refractivity contribution in [3.8, 4) is 0 Å². The molecule has 4 nitrogen and oxygen atoms in total. The summed E-state index contributed by atoms with van der Waals surface area (Å²) in [5.74, 6) is -0.0244. The molecule has 0 saturated carbocycles. The van der Waals surface area contributed by atoms with Crippen molar-refractivity contribution >= 4 is 5.91 Å². The van der Waals surface area contributed by atoms with Gasteiger partial charge in [-0.15, -0.1) is 0 Å². The van der Waals surface area contributed by atoms with Crippen molar-refractivity contribution < 1.29 is 9.90 Å². The summed E-state index contributed by atoms with van der Waals surface area (Å²) in [4.78, 5) is 13.5. The van der Waals surface area contributed by atoms with Gasteiger partial charge in [0.2, 0.25) is 5.91 Å². The Kier molecular flexibility index (Phi) is 4.33. The Bertz CT molecular complexity index is 394. The van der Waals surface area contributed by atoms with Crippen LogP contribution >= 0.6 is 0 Å². The van der Waals surface area contributed by atoms with Gasteiger partial charge in [-0.05, 0) is 12.0 Å². The van der Waals surface area contributed by atoms with Crippen LogP contribution in [0.2, 0.25) is 0 Å². The molecule has 4 heteroatoms. The number of amides is 1. The van der Waals surface area contributed by atoms with Crippen LogP contribution in [0.5, 0.6) is 0 Å². The minimum atomic E-state index is -0.223. The highest BCUT2D eigenvalue weighted by Crippen LogP contribution is 2.17. The molecule has 98 valence electrons. The van der Waals surface area contributed by atoms with Crippen molar-refractivity contribution in [2.75, 3.05) is 19.6 Å². The number of benzene rings is 1. The number of rotatable bonds is 4. The molecule has 2 rings (SSSR count). The summed E-state index contributed by atoms with van der Waals surface area (Å²) < 4.78 is 0. The monoisotopic (exact) mass is 248 g/mol.